The van der Waals surface area contributed by atoms with Crippen molar-refractivity contribution in [3.8, 4) is 11.5 Å². The van der Waals surface area contributed by atoms with E-state index in [4.69, 9.17) is 52.7 Å². The van der Waals surface area contributed by atoms with Crippen molar-refractivity contribution in [3.63, 3.8) is 0 Å². The summed E-state index contributed by atoms with van der Waals surface area (Å²) in [5.74, 6) is 1.68. The summed E-state index contributed by atoms with van der Waals surface area (Å²) in [5.41, 5.74) is 7.67. The van der Waals surface area contributed by atoms with Crippen LogP contribution in [0.5, 0.6) is 11.5 Å². The van der Waals surface area contributed by atoms with E-state index in [1.807, 2.05) is 83.1 Å². The maximum atomic E-state index is 12.6. The quantitative estimate of drug-likeness (QED) is 0.284. The molecule has 0 unspecified atom stereocenters. The predicted molar refractivity (Wildman–Crippen MR) is 167 cm³/mol. The van der Waals surface area contributed by atoms with Crippen LogP contribution in [0.4, 0.5) is 4.79 Å². The van der Waals surface area contributed by atoms with E-state index >= 15 is 0 Å². The highest BCUT2D eigenvalue weighted by Gasteiger charge is 2.31. The number of carbonyl (C=O) groups is 1. The smallest absolute Gasteiger partial charge is 0.410 e. The summed E-state index contributed by atoms with van der Waals surface area (Å²) in [6.07, 6.45) is 0.0129. The fraction of sp³-hybridized carbons (Fsp3) is 0.375. The van der Waals surface area contributed by atoms with Gasteiger partial charge in [-0.05, 0) is 82.1 Å². The lowest BCUT2D eigenvalue weighted by molar-refractivity contribution is -0.191. The Kier molecular flexibility index (Phi) is 17.2. The summed E-state index contributed by atoms with van der Waals surface area (Å²) in [5, 5.41) is 1.25. The van der Waals surface area contributed by atoms with Gasteiger partial charge in [-0.3, -0.25) is 0 Å². The molecule has 0 aromatic heterocycles. The normalized spacial score (nSPS) is 11.6. The average molecular weight is 622 g/mol. The average Bonchev–Trinajstić information content (AvgIpc) is 2.90. The van der Waals surface area contributed by atoms with Crippen LogP contribution < -0.4 is 15.2 Å². The molecular formula is C32H42Cl2N2O6. The number of amides is 1. The Morgan fingerprint density at radius 1 is 0.881 bits per heavy atom. The lowest BCUT2D eigenvalue weighted by Gasteiger charge is -2.34. The van der Waals surface area contributed by atoms with Gasteiger partial charge in [-0.15, -0.1) is 0 Å². The van der Waals surface area contributed by atoms with Crippen LogP contribution in [0.3, 0.4) is 0 Å². The topological polar surface area (TPSA) is 108 Å². The SMILES string of the molecule is C.CN(C(=O)OC(C)(C)C)[C@H](c1ccc(Cl)cc1)[C@@H](N)c1ccc(Cl)cc1.COc1cccc(OC(C)C)c1.O=C=O. The third-order valence-corrected chi connectivity index (χ3v) is 5.82. The molecule has 8 nitrogen and oxygen atoms in total. The van der Waals surface area contributed by atoms with Crippen molar-refractivity contribution in [2.75, 3.05) is 14.2 Å². The number of likely N-dealkylation sites (N-methyl/N-ethyl adjacent to an activating group) is 1. The number of hydrogen-bond acceptors (Lipinski definition) is 7. The number of ether oxygens (including phenoxy) is 3. The number of carbonyl (C=O) groups excluding carboxylic acids is 3. The van der Waals surface area contributed by atoms with E-state index in [1.165, 1.54) is 4.90 Å². The van der Waals surface area contributed by atoms with Crippen LogP contribution in [0.1, 0.15) is 65.3 Å². The molecule has 3 rings (SSSR count). The minimum Gasteiger partial charge on any atom is -0.497 e. The van der Waals surface area contributed by atoms with Crippen molar-refractivity contribution >= 4 is 35.4 Å². The zero-order valence-electron chi connectivity index (χ0n) is 24.4. The molecule has 230 valence electrons. The Morgan fingerprint density at radius 2 is 1.33 bits per heavy atom. The molecule has 3 aromatic carbocycles. The summed E-state index contributed by atoms with van der Waals surface area (Å²) in [6.45, 7) is 9.48. The monoisotopic (exact) mass is 620 g/mol. The Hall–Kier alpha value is -3.55. The Morgan fingerprint density at radius 3 is 1.76 bits per heavy atom. The summed E-state index contributed by atoms with van der Waals surface area (Å²) in [6, 6.07) is 21.3. The molecule has 0 fully saturated rings. The van der Waals surface area contributed by atoms with Crippen molar-refractivity contribution in [2.24, 2.45) is 5.73 Å². The van der Waals surface area contributed by atoms with Gasteiger partial charge in [0.1, 0.15) is 17.1 Å². The number of hydrogen-bond donors (Lipinski definition) is 1. The molecule has 0 saturated carbocycles. The molecule has 42 heavy (non-hydrogen) atoms. The van der Waals surface area contributed by atoms with Crippen molar-refractivity contribution in [2.45, 2.75) is 65.8 Å². The number of nitrogens with two attached hydrogens (primary N) is 1. The first-order valence-electron chi connectivity index (χ1n) is 12.7. The van der Waals surface area contributed by atoms with Gasteiger partial charge in [-0.1, -0.05) is 61.0 Å². The number of rotatable bonds is 7. The first kappa shape index (κ1) is 38.5. The van der Waals surface area contributed by atoms with E-state index in [0.29, 0.717) is 10.0 Å². The second kappa shape index (κ2) is 18.8. The minimum absolute atomic E-state index is 0. The Bertz CT molecular complexity index is 1240. The van der Waals surface area contributed by atoms with Crippen LogP contribution in [-0.2, 0) is 14.3 Å². The number of halogens is 2. The Balaban J connectivity index is 0.000000877. The second-order valence-corrected chi connectivity index (χ2v) is 11.0. The number of methoxy groups -OCH3 is 1. The third-order valence-electron chi connectivity index (χ3n) is 5.32. The third kappa shape index (κ3) is 13.9. The van der Waals surface area contributed by atoms with E-state index < -0.39 is 23.8 Å². The van der Waals surface area contributed by atoms with Crippen LogP contribution >= 0.6 is 23.2 Å². The number of benzene rings is 3. The molecule has 0 aliphatic rings. The summed E-state index contributed by atoms with van der Waals surface area (Å²) in [7, 11) is 3.33. The first-order chi connectivity index (χ1) is 19.2. The lowest BCUT2D eigenvalue weighted by atomic mass is 9.93. The maximum Gasteiger partial charge on any atom is 0.410 e. The fourth-order valence-corrected chi connectivity index (χ4v) is 3.85. The molecule has 0 heterocycles. The van der Waals surface area contributed by atoms with Crippen LogP contribution in [0.2, 0.25) is 10.0 Å². The standard InChI is InChI=1S/C20H24Cl2N2O2.C10H14O2.CO2.CH4/c1-20(2,3)26-19(25)24(4)18(14-7-11-16(22)12-8-14)17(23)13-5-9-15(21)10-6-13;1-8(2)12-10-6-4-5-9(7-10)11-3;2-1-3;/h5-12,17-18H,23H2,1-4H3;4-8H,1-3H3;;1H4/t17-,18+;;;/m0.../s1. The summed E-state index contributed by atoms with van der Waals surface area (Å²) in [4.78, 5) is 30.4. The summed E-state index contributed by atoms with van der Waals surface area (Å²) >= 11 is 12.0. The van der Waals surface area contributed by atoms with E-state index in [2.05, 4.69) is 0 Å². The highest BCUT2D eigenvalue weighted by molar-refractivity contribution is 6.30. The van der Waals surface area contributed by atoms with E-state index in [-0.39, 0.29) is 19.7 Å². The molecule has 3 aromatic rings. The maximum absolute atomic E-state index is 12.6. The molecule has 0 radical (unpaired) electrons. The van der Waals surface area contributed by atoms with Crippen LogP contribution in [0.25, 0.3) is 0 Å². The van der Waals surface area contributed by atoms with E-state index in [0.717, 1.165) is 22.6 Å². The molecule has 0 bridgehead atoms. The molecule has 2 atom stereocenters. The van der Waals surface area contributed by atoms with Crippen molar-refractivity contribution < 1.29 is 28.6 Å². The highest BCUT2D eigenvalue weighted by Crippen LogP contribution is 2.33. The minimum atomic E-state index is -0.597. The number of nitrogens with zero attached hydrogens (tertiary/aromatic N) is 1. The zero-order valence-corrected chi connectivity index (χ0v) is 25.9. The molecule has 10 heteroatoms. The van der Waals surface area contributed by atoms with Gasteiger partial charge >= 0.3 is 12.2 Å². The van der Waals surface area contributed by atoms with Gasteiger partial charge in [0, 0.05) is 23.2 Å². The molecule has 2 N–H and O–H groups in total. The van der Waals surface area contributed by atoms with Gasteiger partial charge < -0.3 is 24.8 Å². The van der Waals surface area contributed by atoms with Gasteiger partial charge in [0.25, 0.3) is 0 Å². The van der Waals surface area contributed by atoms with Gasteiger partial charge in [-0.2, -0.15) is 9.59 Å². The van der Waals surface area contributed by atoms with Crippen LogP contribution in [0.15, 0.2) is 72.8 Å². The molecule has 0 spiro atoms. The largest absolute Gasteiger partial charge is 0.497 e. The first-order valence-corrected chi connectivity index (χ1v) is 13.5. The van der Waals surface area contributed by atoms with E-state index in [1.54, 1.807) is 38.4 Å². The van der Waals surface area contributed by atoms with Crippen LogP contribution in [-0.4, -0.2) is 43.0 Å². The highest BCUT2D eigenvalue weighted by atomic mass is 35.5. The van der Waals surface area contributed by atoms with Crippen molar-refractivity contribution in [3.05, 3.63) is 94.0 Å². The molecular weight excluding hydrogens is 579 g/mol. The Labute approximate surface area is 259 Å². The van der Waals surface area contributed by atoms with Gasteiger partial charge in [-0.25, -0.2) is 4.79 Å². The molecule has 0 saturated heterocycles. The molecule has 0 aliphatic heterocycles. The van der Waals surface area contributed by atoms with Gasteiger partial charge in [0.05, 0.1) is 25.3 Å². The van der Waals surface area contributed by atoms with Gasteiger partial charge in [0.2, 0.25) is 0 Å². The molecule has 1 amide bonds. The van der Waals surface area contributed by atoms with Crippen molar-refractivity contribution in [1.29, 1.82) is 0 Å². The second-order valence-electron chi connectivity index (χ2n) is 10.1. The van der Waals surface area contributed by atoms with Crippen molar-refractivity contribution in [1.82, 2.24) is 4.90 Å². The van der Waals surface area contributed by atoms with Crippen LogP contribution in [0, 0.1) is 0 Å². The zero-order chi connectivity index (χ0) is 31.2. The fourth-order valence-electron chi connectivity index (χ4n) is 3.59. The predicted octanol–water partition coefficient (Wildman–Crippen LogP) is 8.14. The lowest BCUT2D eigenvalue weighted by Crippen LogP contribution is -2.40. The van der Waals surface area contributed by atoms with Gasteiger partial charge in [0.15, 0.2) is 0 Å². The summed E-state index contributed by atoms with van der Waals surface area (Å²) < 4.78 is 16.0. The van der Waals surface area contributed by atoms with E-state index in [9.17, 15) is 4.79 Å². The molecule has 0 aliphatic carbocycles.